The predicted molar refractivity (Wildman–Crippen MR) is 95.4 cm³/mol. The van der Waals surface area contributed by atoms with Gasteiger partial charge in [0.1, 0.15) is 5.82 Å². The van der Waals surface area contributed by atoms with Crippen LogP contribution in [0.3, 0.4) is 0 Å². The van der Waals surface area contributed by atoms with Gasteiger partial charge in [0.25, 0.3) is 0 Å². The first-order chi connectivity index (χ1) is 11.3. The second-order valence-corrected chi connectivity index (χ2v) is 7.67. The molecular weight excluding hydrogens is 302 g/mol. The first-order valence-corrected chi connectivity index (χ1v) is 8.44. The molecular formula is C18H25N5O. The minimum absolute atomic E-state index is 0.140. The van der Waals surface area contributed by atoms with Crippen LogP contribution in [0.5, 0.6) is 0 Å². The van der Waals surface area contributed by atoms with Crippen molar-refractivity contribution >= 4 is 17.7 Å². The van der Waals surface area contributed by atoms with E-state index in [4.69, 9.17) is 0 Å². The van der Waals surface area contributed by atoms with Gasteiger partial charge in [0.2, 0.25) is 5.95 Å². The molecule has 0 aliphatic heterocycles. The van der Waals surface area contributed by atoms with Gasteiger partial charge in [0, 0.05) is 11.1 Å². The fourth-order valence-electron chi connectivity index (χ4n) is 2.93. The number of benzene rings is 1. The molecule has 1 unspecified atom stereocenters. The maximum atomic E-state index is 12.1. The van der Waals surface area contributed by atoms with Crippen molar-refractivity contribution in [3.8, 4) is 0 Å². The number of aryl methyl sites for hydroxylation is 1. The van der Waals surface area contributed by atoms with E-state index in [0.29, 0.717) is 0 Å². The Bertz CT molecular complexity index is 744. The summed E-state index contributed by atoms with van der Waals surface area (Å²) in [4.78, 5) is 16.4. The Kier molecular flexibility index (Phi) is 4.30. The quantitative estimate of drug-likeness (QED) is 0.783. The number of nitrogens with zero attached hydrogens (tertiary/aromatic N) is 2. The van der Waals surface area contributed by atoms with Crippen molar-refractivity contribution in [1.82, 2.24) is 15.2 Å². The average Bonchev–Trinajstić information content (AvgIpc) is 2.96. The van der Waals surface area contributed by atoms with Crippen LogP contribution in [0.25, 0.3) is 0 Å². The van der Waals surface area contributed by atoms with E-state index in [1.54, 1.807) is 0 Å². The largest absolute Gasteiger partial charge is 0.326 e. The fraction of sp³-hybridized carbons (Fsp3) is 0.500. The van der Waals surface area contributed by atoms with Crippen LogP contribution in [0.2, 0.25) is 0 Å². The summed E-state index contributed by atoms with van der Waals surface area (Å²) in [5.74, 6) is 1.76. The SMILES string of the molecule is CC1CCc2cc(NC(=O)Nc3n[nH]c(C(C)(C)C)n3)ccc2C1. The van der Waals surface area contributed by atoms with Crippen LogP contribution in [0.15, 0.2) is 18.2 Å². The summed E-state index contributed by atoms with van der Waals surface area (Å²) in [6.07, 6.45) is 3.40. The molecule has 0 saturated heterocycles. The highest BCUT2D eigenvalue weighted by atomic mass is 16.2. The van der Waals surface area contributed by atoms with E-state index in [0.717, 1.165) is 30.3 Å². The highest BCUT2D eigenvalue weighted by Crippen LogP contribution is 2.27. The number of aromatic nitrogens is 3. The van der Waals surface area contributed by atoms with E-state index in [-0.39, 0.29) is 17.4 Å². The normalized spacial score (nSPS) is 17.2. The third kappa shape index (κ3) is 3.75. The van der Waals surface area contributed by atoms with Crippen molar-refractivity contribution in [3.63, 3.8) is 0 Å². The van der Waals surface area contributed by atoms with E-state index >= 15 is 0 Å². The molecule has 0 spiro atoms. The molecule has 1 aliphatic rings. The topological polar surface area (TPSA) is 82.7 Å². The molecule has 3 N–H and O–H groups in total. The number of nitrogens with one attached hydrogen (secondary N) is 3. The molecule has 1 heterocycles. The maximum Gasteiger partial charge on any atom is 0.326 e. The van der Waals surface area contributed by atoms with Crippen LogP contribution < -0.4 is 10.6 Å². The first kappa shape index (κ1) is 16.5. The predicted octanol–water partition coefficient (Wildman–Crippen LogP) is 3.87. The van der Waals surface area contributed by atoms with Crippen molar-refractivity contribution in [2.24, 2.45) is 5.92 Å². The van der Waals surface area contributed by atoms with Crippen molar-refractivity contribution in [3.05, 3.63) is 35.2 Å². The van der Waals surface area contributed by atoms with Crippen LogP contribution in [0.1, 0.15) is 51.1 Å². The number of carbonyl (C=O) groups is 1. The van der Waals surface area contributed by atoms with Crippen molar-refractivity contribution in [2.75, 3.05) is 10.6 Å². The molecule has 2 aromatic rings. The molecule has 3 rings (SSSR count). The van der Waals surface area contributed by atoms with Gasteiger partial charge in [-0.1, -0.05) is 33.8 Å². The molecule has 6 nitrogen and oxygen atoms in total. The van der Waals surface area contributed by atoms with Gasteiger partial charge in [-0.15, -0.1) is 5.10 Å². The molecule has 24 heavy (non-hydrogen) atoms. The number of H-pyrrole nitrogens is 1. The molecule has 1 aromatic carbocycles. The van der Waals surface area contributed by atoms with Gasteiger partial charge >= 0.3 is 6.03 Å². The Morgan fingerprint density at radius 1 is 1.25 bits per heavy atom. The molecule has 0 fully saturated rings. The Labute approximate surface area is 142 Å². The van der Waals surface area contributed by atoms with Crippen LogP contribution in [-0.4, -0.2) is 21.2 Å². The third-order valence-corrected chi connectivity index (χ3v) is 4.36. The van der Waals surface area contributed by atoms with Gasteiger partial charge in [0.15, 0.2) is 0 Å². The molecule has 1 aromatic heterocycles. The Morgan fingerprint density at radius 3 is 2.75 bits per heavy atom. The van der Waals surface area contributed by atoms with Crippen LogP contribution in [-0.2, 0) is 18.3 Å². The van der Waals surface area contributed by atoms with Crippen molar-refractivity contribution in [2.45, 2.75) is 52.4 Å². The summed E-state index contributed by atoms with van der Waals surface area (Å²) >= 11 is 0. The maximum absolute atomic E-state index is 12.1. The number of hydrogen-bond acceptors (Lipinski definition) is 3. The molecule has 0 bridgehead atoms. The summed E-state index contributed by atoms with van der Waals surface area (Å²) in [6.45, 7) is 8.38. The smallest absolute Gasteiger partial charge is 0.308 e. The van der Waals surface area contributed by atoms with Gasteiger partial charge in [-0.2, -0.15) is 4.98 Å². The van der Waals surface area contributed by atoms with Crippen molar-refractivity contribution in [1.29, 1.82) is 0 Å². The lowest BCUT2D eigenvalue weighted by atomic mass is 9.85. The highest BCUT2D eigenvalue weighted by molar-refractivity contribution is 5.98. The summed E-state index contributed by atoms with van der Waals surface area (Å²) in [5, 5.41) is 12.4. The van der Waals surface area contributed by atoms with E-state index in [1.165, 1.54) is 17.5 Å². The molecule has 1 atom stereocenters. The third-order valence-electron chi connectivity index (χ3n) is 4.36. The molecule has 0 saturated carbocycles. The zero-order valence-electron chi connectivity index (χ0n) is 14.7. The molecule has 0 radical (unpaired) electrons. The minimum Gasteiger partial charge on any atom is -0.308 e. The van der Waals surface area contributed by atoms with Crippen LogP contribution in [0.4, 0.5) is 16.4 Å². The number of fused-ring (bicyclic) bond motifs is 1. The number of hydrogen-bond donors (Lipinski definition) is 3. The molecule has 6 heteroatoms. The summed E-state index contributed by atoms with van der Waals surface area (Å²) in [6, 6.07) is 5.80. The lowest BCUT2D eigenvalue weighted by Gasteiger charge is -2.22. The Balaban J connectivity index is 1.64. The van der Waals surface area contributed by atoms with E-state index in [2.05, 4.69) is 44.9 Å². The number of aromatic amines is 1. The van der Waals surface area contributed by atoms with Crippen molar-refractivity contribution < 1.29 is 4.79 Å². The van der Waals surface area contributed by atoms with Crippen LogP contribution in [0, 0.1) is 5.92 Å². The number of anilines is 2. The van der Waals surface area contributed by atoms with E-state index < -0.39 is 0 Å². The summed E-state index contributed by atoms with van der Waals surface area (Å²) in [7, 11) is 0. The lowest BCUT2D eigenvalue weighted by molar-refractivity contribution is 0.262. The molecule has 128 valence electrons. The second kappa shape index (κ2) is 6.26. The van der Waals surface area contributed by atoms with Gasteiger partial charge in [-0.3, -0.25) is 10.4 Å². The lowest BCUT2D eigenvalue weighted by Crippen LogP contribution is -2.21. The summed E-state index contributed by atoms with van der Waals surface area (Å²) < 4.78 is 0. The second-order valence-electron chi connectivity index (χ2n) is 7.67. The Morgan fingerprint density at radius 2 is 2.04 bits per heavy atom. The highest BCUT2D eigenvalue weighted by Gasteiger charge is 2.19. The standard InChI is InChI=1S/C18H25N5O/c1-11-5-6-13-10-14(8-7-12(13)9-11)19-17(24)21-16-20-15(22-23-16)18(2,3)4/h7-8,10-11H,5-6,9H2,1-4H3,(H3,19,20,21,22,23,24). The van der Waals surface area contributed by atoms with E-state index in [1.807, 2.05) is 26.8 Å². The number of amides is 2. The number of urea groups is 1. The van der Waals surface area contributed by atoms with Gasteiger partial charge in [0.05, 0.1) is 0 Å². The van der Waals surface area contributed by atoms with Gasteiger partial charge in [-0.05, 0) is 48.4 Å². The molecule has 1 aliphatic carbocycles. The number of carbonyl (C=O) groups excluding carboxylic acids is 1. The van der Waals surface area contributed by atoms with Gasteiger partial charge in [-0.25, -0.2) is 4.79 Å². The number of rotatable bonds is 2. The average molecular weight is 327 g/mol. The zero-order valence-corrected chi connectivity index (χ0v) is 14.7. The zero-order chi connectivity index (χ0) is 17.3. The molecule has 2 amide bonds. The Hall–Kier alpha value is -2.37. The first-order valence-electron chi connectivity index (χ1n) is 8.44. The monoisotopic (exact) mass is 327 g/mol. The van der Waals surface area contributed by atoms with E-state index in [9.17, 15) is 4.79 Å². The summed E-state index contributed by atoms with van der Waals surface area (Å²) in [5.41, 5.74) is 3.38. The fourth-order valence-corrected chi connectivity index (χ4v) is 2.93. The minimum atomic E-state index is -0.335. The van der Waals surface area contributed by atoms with Gasteiger partial charge < -0.3 is 5.32 Å². The van der Waals surface area contributed by atoms with Crippen LogP contribution >= 0.6 is 0 Å².